The summed E-state index contributed by atoms with van der Waals surface area (Å²) < 4.78 is 27.8. The second-order valence-corrected chi connectivity index (χ2v) is 8.01. The summed E-state index contributed by atoms with van der Waals surface area (Å²) >= 11 is 0. The molecule has 1 fully saturated rings. The first kappa shape index (κ1) is 15.0. The molecule has 1 N–H and O–H groups in total. The number of benzene rings is 1. The second kappa shape index (κ2) is 6.07. The summed E-state index contributed by atoms with van der Waals surface area (Å²) in [6.45, 7) is 5.13. The fraction of sp³-hybridized carbons (Fsp3) is 0.625. The smallest absolute Gasteiger partial charge is 0.243 e. The Balaban J connectivity index is 1.95. The van der Waals surface area contributed by atoms with E-state index in [1.165, 1.54) is 0 Å². The molecule has 2 aliphatic heterocycles. The minimum atomic E-state index is -3.34. The molecule has 3 rings (SSSR count). The van der Waals surface area contributed by atoms with Crippen molar-refractivity contribution in [2.45, 2.75) is 44.0 Å². The van der Waals surface area contributed by atoms with E-state index < -0.39 is 10.0 Å². The number of sulfonamides is 1. The Morgan fingerprint density at radius 2 is 2.24 bits per heavy atom. The van der Waals surface area contributed by atoms with Crippen LogP contribution in [0.1, 0.15) is 37.3 Å². The van der Waals surface area contributed by atoms with Gasteiger partial charge in [-0.3, -0.25) is 0 Å². The number of nitrogens with zero attached hydrogens (tertiary/aromatic N) is 1. The van der Waals surface area contributed by atoms with E-state index in [0.29, 0.717) is 23.9 Å². The Hall–Kier alpha value is -0.910. The van der Waals surface area contributed by atoms with E-state index in [9.17, 15) is 8.42 Å². The van der Waals surface area contributed by atoms with Crippen molar-refractivity contribution in [1.29, 1.82) is 0 Å². The minimum Gasteiger partial charge on any atom is -0.312 e. The highest BCUT2D eigenvalue weighted by molar-refractivity contribution is 7.89. The van der Waals surface area contributed by atoms with Crippen LogP contribution in [0, 0.1) is 5.92 Å². The molecule has 1 aromatic carbocycles. The van der Waals surface area contributed by atoms with Gasteiger partial charge in [0.15, 0.2) is 0 Å². The monoisotopic (exact) mass is 308 g/mol. The summed E-state index contributed by atoms with van der Waals surface area (Å²) in [6.07, 6.45) is 3.99. The molecule has 5 heteroatoms. The quantitative estimate of drug-likeness (QED) is 0.931. The van der Waals surface area contributed by atoms with Gasteiger partial charge in [0.25, 0.3) is 0 Å². The van der Waals surface area contributed by atoms with Crippen molar-refractivity contribution < 1.29 is 8.42 Å². The van der Waals surface area contributed by atoms with Crippen LogP contribution < -0.4 is 5.32 Å². The van der Waals surface area contributed by atoms with Gasteiger partial charge >= 0.3 is 0 Å². The van der Waals surface area contributed by atoms with Gasteiger partial charge in [-0.1, -0.05) is 25.5 Å². The third-order valence-corrected chi connectivity index (χ3v) is 6.72. The fourth-order valence-corrected chi connectivity index (χ4v) is 5.31. The standard InChI is InChI=1S/C16H24N2O2S/c1-2-13-5-4-10-18(12-13)21(19,20)16-7-3-6-14-11-17-9-8-15(14)16/h3,6-7,13,17H,2,4-5,8-12H2,1H3. The molecule has 0 saturated carbocycles. The topological polar surface area (TPSA) is 49.4 Å². The largest absolute Gasteiger partial charge is 0.312 e. The molecule has 1 aromatic rings. The van der Waals surface area contributed by atoms with Gasteiger partial charge in [0.2, 0.25) is 10.0 Å². The van der Waals surface area contributed by atoms with Crippen molar-refractivity contribution in [2.24, 2.45) is 5.92 Å². The maximum atomic E-state index is 13.0. The normalized spacial score (nSPS) is 23.8. The Morgan fingerprint density at radius 3 is 3.05 bits per heavy atom. The number of piperidine rings is 1. The molecule has 1 atom stereocenters. The zero-order valence-corrected chi connectivity index (χ0v) is 13.5. The van der Waals surface area contributed by atoms with Gasteiger partial charge in [0.05, 0.1) is 4.90 Å². The molecule has 4 nitrogen and oxygen atoms in total. The molecular weight excluding hydrogens is 284 g/mol. The first-order valence-corrected chi connectivity index (χ1v) is 9.38. The van der Waals surface area contributed by atoms with Crippen LogP contribution in [-0.2, 0) is 23.0 Å². The summed E-state index contributed by atoms with van der Waals surface area (Å²) in [7, 11) is -3.34. The Kier molecular flexibility index (Phi) is 4.33. The van der Waals surface area contributed by atoms with Crippen molar-refractivity contribution in [1.82, 2.24) is 9.62 Å². The van der Waals surface area contributed by atoms with E-state index in [0.717, 1.165) is 49.9 Å². The van der Waals surface area contributed by atoms with Crippen LogP contribution in [0.3, 0.4) is 0 Å². The molecule has 0 spiro atoms. The number of hydrogen-bond acceptors (Lipinski definition) is 3. The molecule has 0 bridgehead atoms. The van der Waals surface area contributed by atoms with Gasteiger partial charge in [-0.15, -0.1) is 0 Å². The van der Waals surface area contributed by atoms with Gasteiger partial charge in [-0.05, 0) is 48.9 Å². The average Bonchev–Trinajstić information content (AvgIpc) is 2.54. The van der Waals surface area contributed by atoms with Crippen LogP contribution in [0.15, 0.2) is 23.1 Å². The lowest BCUT2D eigenvalue weighted by Crippen LogP contribution is -2.40. The first-order valence-electron chi connectivity index (χ1n) is 7.94. The minimum absolute atomic E-state index is 0.509. The van der Waals surface area contributed by atoms with Crippen LogP contribution in [0.5, 0.6) is 0 Å². The first-order chi connectivity index (χ1) is 10.1. The lowest BCUT2D eigenvalue weighted by molar-refractivity contribution is 0.261. The maximum Gasteiger partial charge on any atom is 0.243 e. The van der Waals surface area contributed by atoms with Gasteiger partial charge in [0.1, 0.15) is 0 Å². The Labute approximate surface area is 127 Å². The van der Waals surface area contributed by atoms with Crippen LogP contribution >= 0.6 is 0 Å². The van der Waals surface area contributed by atoms with E-state index in [-0.39, 0.29) is 0 Å². The predicted octanol–water partition coefficient (Wildman–Crippen LogP) is 2.14. The lowest BCUT2D eigenvalue weighted by atomic mass is 9.97. The second-order valence-electron chi connectivity index (χ2n) is 6.10. The summed E-state index contributed by atoms with van der Waals surface area (Å²) in [5, 5.41) is 3.31. The SMILES string of the molecule is CCC1CCCN(S(=O)(=O)c2cccc3c2CCNC3)C1. The third kappa shape index (κ3) is 2.87. The van der Waals surface area contributed by atoms with Gasteiger partial charge in [-0.25, -0.2) is 8.42 Å². The van der Waals surface area contributed by atoms with E-state index in [1.807, 2.05) is 12.1 Å². The molecule has 2 heterocycles. The summed E-state index contributed by atoms with van der Waals surface area (Å²) in [5.41, 5.74) is 2.15. The molecule has 0 radical (unpaired) electrons. The number of nitrogens with one attached hydrogen (secondary N) is 1. The predicted molar refractivity (Wildman–Crippen MR) is 83.6 cm³/mol. The van der Waals surface area contributed by atoms with E-state index >= 15 is 0 Å². The van der Waals surface area contributed by atoms with Crippen molar-refractivity contribution in [3.8, 4) is 0 Å². The summed E-state index contributed by atoms with van der Waals surface area (Å²) in [5.74, 6) is 0.509. The fourth-order valence-electron chi connectivity index (χ4n) is 3.46. The van der Waals surface area contributed by atoms with Crippen LogP contribution in [0.25, 0.3) is 0 Å². The number of rotatable bonds is 3. The molecule has 21 heavy (non-hydrogen) atoms. The van der Waals surface area contributed by atoms with Crippen molar-refractivity contribution in [2.75, 3.05) is 19.6 Å². The zero-order chi connectivity index (χ0) is 14.9. The molecule has 1 saturated heterocycles. The highest BCUT2D eigenvalue weighted by Crippen LogP contribution is 2.29. The van der Waals surface area contributed by atoms with Crippen LogP contribution in [0.2, 0.25) is 0 Å². The molecule has 0 aromatic heterocycles. The van der Waals surface area contributed by atoms with Crippen LogP contribution in [-0.4, -0.2) is 32.4 Å². The van der Waals surface area contributed by atoms with Crippen LogP contribution in [0.4, 0.5) is 0 Å². The number of fused-ring (bicyclic) bond motifs is 1. The Morgan fingerprint density at radius 1 is 1.38 bits per heavy atom. The lowest BCUT2D eigenvalue weighted by Gasteiger charge is -2.32. The highest BCUT2D eigenvalue weighted by Gasteiger charge is 2.32. The number of hydrogen-bond donors (Lipinski definition) is 1. The van der Waals surface area contributed by atoms with E-state index in [1.54, 1.807) is 10.4 Å². The van der Waals surface area contributed by atoms with E-state index in [2.05, 4.69) is 12.2 Å². The highest BCUT2D eigenvalue weighted by atomic mass is 32.2. The zero-order valence-electron chi connectivity index (χ0n) is 12.6. The molecule has 0 amide bonds. The third-order valence-electron chi connectivity index (χ3n) is 4.77. The average molecular weight is 308 g/mol. The Bertz CT molecular complexity index is 613. The van der Waals surface area contributed by atoms with E-state index in [4.69, 9.17) is 0 Å². The van der Waals surface area contributed by atoms with Gasteiger partial charge in [0, 0.05) is 19.6 Å². The van der Waals surface area contributed by atoms with Crippen molar-refractivity contribution in [3.05, 3.63) is 29.3 Å². The van der Waals surface area contributed by atoms with Crippen molar-refractivity contribution in [3.63, 3.8) is 0 Å². The molecule has 0 aliphatic carbocycles. The van der Waals surface area contributed by atoms with Gasteiger partial charge < -0.3 is 5.32 Å². The molecule has 116 valence electrons. The molecular formula is C16H24N2O2S. The van der Waals surface area contributed by atoms with Crippen molar-refractivity contribution >= 4 is 10.0 Å². The maximum absolute atomic E-state index is 13.0. The summed E-state index contributed by atoms with van der Waals surface area (Å²) in [4.78, 5) is 0.540. The molecule has 2 aliphatic rings. The molecule has 1 unspecified atom stereocenters. The summed E-state index contributed by atoms with van der Waals surface area (Å²) in [6, 6.07) is 5.70. The van der Waals surface area contributed by atoms with Gasteiger partial charge in [-0.2, -0.15) is 4.31 Å².